The fraction of sp³-hybridized carbons (Fsp3) is 0.797. The zero-order valence-corrected chi connectivity index (χ0v) is 46.5. The number of esters is 3. The van der Waals surface area contributed by atoms with Gasteiger partial charge in [-0.05, 0) is 83.5 Å². The van der Waals surface area contributed by atoms with E-state index in [0.717, 1.165) is 83.5 Å². The molecular weight excluding hydrogens is 865 g/mol. The van der Waals surface area contributed by atoms with Crippen LogP contribution in [-0.2, 0) is 28.6 Å². The largest absolute Gasteiger partial charge is 0.462 e. The first-order chi connectivity index (χ1) is 34.5. The highest BCUT2D eigenvalue weighted by atomic mass is 16.6. The maximum absolute atomic E-state index is 12.8. The van der Waals surface area contributed by atoms with Gasteiger partial charge < -0.3 is 14.2 Å². The molecule has 0 radical (unpaired) electrons. The molecule has 0 saturated carbocycles. The molecule has 0 rings (SSSR count). The number of hydrogen-bond acceptors (Lipinski definition) is 6. The maximum atomic E-state index is 12.8. The van der Waals surface area contributed by atoms with Crippen LogP contribution in [0.4, 0.5) is 0 Å². The van der Waals surface area contributed by atoms with E-state index in [1.165, 1.54) is 186 Å². The molecule has 6 nitrogen and oxygen atoms in total. The summed E-state index contributed by atoms with van der Waals surface area (Å²) in [5.41, 5.74) is 0. The number of hydrogen-bond donors (Lipinski definition) is 0. The molecule has 1 unspecified atom stereocenters. The van der Waals surface area contributed by atoms with Gasteiger partial charge in [0, 0.05) is 19.3 Å². The molecule has 1 atom stereocenters. The van der Waals surface area contributed by atoms with Crippen molar-refractivity contribution in [2.45, 2.75) is 316 Å². The summed E-state index contributed by atoms with van der Waals surface area (Å²) in [4.78, 5) is 38.1. The fourth-order valence-corrected chi connectivity index (χ4v) is 8.72. The fourth-order valence-electron chi connectivity index (χ4n) is 8.72. The number of carbonyl (C=O) groups is 3. The van der Waals surface area contributed by atoms with Crippen molar-refractivity contribution in [3.63, 3.8) is 0 Å². The Morgan fingerprint density at radius 1 is 0.300 bits per heavy atom. The van der Waals surface area contributed by atoms with E-state index in [1.54, 1.807) is 0 Å². The van der Waals surface area contributed by atoms with E-state index in [0.29, 0.717) is 19.3 Å². The van der Waals surface area contributed by atoms with Gasteiger partial charge in [0.25, 0.3) is 0 Å². The summed E-state index contributed by atoms with van der Waals surface area (Å²) >= 11 is 0. The van der Waals surface area contributed by atoms with Gasteiger partial charge in [0.2, 0.25) is 0 Å². The standard InChI is InChI=1S/C64H114O6/c1-4-7-10-13-16-19-21-23-25-27-29-30-31-32-33-34-35-37-38-40-42-45-48-51-54-57-63(66)69-60-61(59-68-62(65)56-53-50-47-44-18-15-12-9-6-3)70-64(67)58-55-52-49-46-43-41-39-36-28-26-24-22-20-17-14-11-8-5-2/h7,10,16,19,23,25-26,28-30,61H,4-6,8-9,11-15,17-18,20-22,24,27,31-60H2,1-3H3/b10-7-,19-16-,25-23-,28-26-,30-29-. The zero-order chi connectivity index (χ0) is 50.7. The highest BCUT2D eigenvalue weighted by Crippen LogP contribution is 2.16. The maximum Gasteiger partial charge on any atom is 0.306 e. The molecule has 0 spiro atoms. The molecule has 406 valence electrons. The van der Waals surface area contributed by atoms with Crippen LogP contribution < -0.4 is 0 Å². The number of allylic oxidation sites excluding steroid dienone is 10. The van der Waals surface area contributed by atoms with E-state index in [2.05, 4.69) is 81.5 Å². The smallest absolute Gasteiger partial charge is 0.306 e. The minimum Gasteiger partial charge on any atom is -0.462 e. The van der Waals surface area contributed by atoms with Crippen LogP contribution in [-0.4, -0.2) is 37.2 Å². The molecule has 0 aliphatic heterocycles. The lowest BCUT2D eigenvalue weighted by atomic mass is 10.0. The highest BCUT2D eigenvalue weighted by Gasteiger charge is 2.19. The Kier molecular flexibility index (Phi) is 56.3. The van der Waals surface area contributed by atoms with Gasteiger partial charge >= 0.3 is 17.9 Å². The molecule has 0 heterocycles. The summed E-state index contributed by atoms with van der Waals surface area (Å²) in [7, 11) is 0. The first-order valence-electron chi connectivity index (χ1n) is 30.3. The molecule has 0 amide bonds. The second-order valence-electron chi connectivity index (χ2n) is 20.2. The Hall–Kier alpha value is -2.89. The normalized spacial score (nSPS) is 12.4. The van der Waals surface area contributed by atoms with Gasteiger partial charge in [-0.15, -0.1) is 0 Å². The van der Waals surface area contributed by atoms with Crippen molar-refractivity contribution in [1.82, 2.24) is 0 Å². The molecule has 0 bridgehead atoms. The number of carbonyl (C=O) groups excluding carboxylic acids is 3. The summed E-state index contributed by atoms with van der Waals surface area (Å²) in [6, 6.07) is 0. The third kappa shape index (κ3) is 56.0. The number of rotatable bonds is 55. The predicted molar refractivity (Wildman–Crippen MR) is 302 cm³/mol. The lowest BCUT2D eigenvalue weighted by Crippen LogP contribution is -2.30. The van der Waals surface area contributed by atoms with Crippen LogP contribution in [0.5, 0.6) is 0 Å². The van der Waals surface area contributed by atoms with Gasteiger partial charge in [-0.25, -0.2) is 0 Å². The lowest BCUT2D eigenvalue weighted by molar-refractivity contribution is -0.167. The Labute approximate surface area is 434 Å². The summed E-state index contributed by atoms with van der Waals surface area (Å²) in [6.45, 7) is 6.53. The minimum atomic E-state index is -0.774. The van der Waals surface area contributed by atoms with Crippen molar-refractivity contribution in [1.29, 1.82) is 0 Å². The van der Waals surface area contributed by atoms with Crippen LogP contribution in [0.15, 0.2) is 60.8 Å². The molecule has 0 aromatic rings. The van der Waals surface area contributed by atoms with E-state index in [1.807, 2.05) is 0 Å². The van der Waals surface area contributed by atoms with Crippen molar-refractivity contribution in [3.8, 4) is 0 Å². The Morgan fingerprint density at radius 2 is 0.557 bits per heavy atom. The topological polar surface area (TPSA) is 78.9 Å². The van der Waals surface area contributed by atoms with Gasteiger partial charge in [-0.1, -0.05) is 268 Å². The number of unbranched alkanes of at least 4 members (excludes halogenated alkanes) is 34. The summed E-state index contributed by atoms with van der Waals surface area (Å²) < 4.78 is 16.9. The molecule has 70 heavy (non-hydrogen) atoms. The van der Waals surface area contributed by atoms with E-state index in [-0.39, 0.29) is 31.1 Å². The van der Waals surface area contributed by atoms with Crippen molar-refractivity contribution in [2.75, 3.05) is 13.2 Å². The molecule has 0 saturated heterocycles. The summed E-state index contributed by atoms with van der Waals surface area (Å²) in [5.74, 6) is -0.869. The van der Waals surface area contributed by atoms with Crippen LogP contribution in [0.25, 0.3) is 0 Å². The van der Waals surface area contributed by atoms with Crippen LogP contribution in [0.1, 0.15) is 310 Å². The predicted octanol–water partition coefficient (Wildman–Crippen LogP) is 20.4. The second-order valence-corrected chi connectivity index (χ2v) is 20.2. The summed E-state index contributed by atoms with van der Waals surface area (Å²) in [5, 5.41) is 0. The van der Waals surface area contributed by atoms with Gasteiger partial charge in [0.05, 0.1) is 0 Å². The Bertz CT molecular complexity index is 1260. The van der Waals surface area contributed by atoms with E-state index in [4.69, 9.17) is 14.2 Å². The van der Waals surface area contributed by atoms with Crippen LogP contribution >= 0.6 is 0 Å². The average molecular weight is 980 g/mol. The van der Waals surface area contributed by atoms with E-state index < -0.39 is 6.10 Å². The first kappa shape index (κ1) is 67.1. The molecule has 0 aliphatic carbocycles. The highest BCUT2D eigenvalue weighted by molar-refractivity contribution is 5.71. The molecule has 0 aromatic carbocycles. The quantitative estimate of drug-likeness (QED) is 0.0261. The third-order valence-corrected chi connectivity index (χ3v) is 13.3. The molecule has 0 fully saturated rings. The Balaban J connectivity index is 4.21. The second kappa shape index (κ2) is 58.7. The first-order valence-corrected chi connectivity index (χ1v) is 30.3. The van der Waals surface area contributed by atoms with Gasteiger partial charge in [-0.2, -0.15) is 0 Å². The minimum absolute atomic E-state index is 0.0731. The molecular formula is C64H114O6. The van der Waals surface area contributed by atoms with Crippen LogP contribution in [0.2, 0.25) is 0 Å². The molecule has 0 N–H and O–H groups in total. The van der Waals surface area contributed by atoms with E-state index in [9.17, 15) is 14.4 Å². The lowest BCUT2D eigenvalue weighted by Gasteiger charge is -2.18. The third-order valence-electron chi connectivity index (χ3n) is 13.3. The van der Waals surface area contributed by atoms with Crippen LogP contribution in [0.3, 0.4) is 0 Å². The average Bonchev–Trinajstić information content (AvgIpc) is 3.36. The van der Waals surface area contributed by atoms with Crippen LogP contribution in [0, 0.1) is 0 Å². The molecule has 6 heteroatoms. The van der Waals surface area contributed by atoms with Gasteiger partial charge in [-0.3, -0.25) is 14.4 Å². The van der Waals surface area contributed by atoms with Gasteiger partial charge in [0.15, 0.2) is 6.10 Å². The molecule has 0 aliphatic rings. The zero-order valence-electron chi connectivity index (χ0n) is 46.5. The Morgan fingerprint density at radius 3 is 0.886 bits per heavy atom. The van der Waals surface area contributed by atoms with Crippen molar-refractivity contribution in [2.24, 2.45) is 0 Å². The van der Waals surface area contributed by atoms with Crippen molar-refractivity contribution >= 4 is 17.9 Å². The van der Waals surface area contributed by atoms with E-state index >= 15 is 0 Å². The SMILES string of the molecule is CC/C=C\C/C=C\C/C=C\C/C=C\CCCCCCCCCCCCCCC(=O)OCC(COC(=O)CCCCCCCCCCC)OC(=O)CCCCCCCCC/C=C\CCCCCCCCC. The molecule has 0 aromatic heterocycles. The van der Waals surface area contributed by atoms with Gasteiger partial charge in [0.1, 0.15) is 13.2 Å². The van der Waals surface area contributed by atoms with Crippen molar-refractivity contribution < 1.29 is 28.6 Å². The number of ether oxygens (including phenoxy) is 3. The van der Waals surface area contributed by atoms with Crippen molar-refractivity contribution in [3.05, 3.63) is 60.8 Å². The summed E-state index contributed by atoms with van der Waals surface area (Å²) in [6.07, 6.45) is 73.7. The monoisotopic (exact) mass is 979 g/mol.